The van der Waals surface area contributed by atoms with E-state index in [-0.39, 0.29) is 11.3 Å². The smallest absolute Gasteiger partial charge is 0.460 e. The molecular formula is C22H13F17N4O3. The van der Waals surface area contributed by atoms with Crippen molar-refractivity contribution in [3.05, 3.63) is 40.3 Å². The van der Waals surface area contributed by atoms with Gasteiger partial charge in [-0.05, 0) is 17.7 Å². The van der Waals surface area contributed by atoms with Gasteiger partial charge in [-0.15, -0.1) is 6.42 Å². The van der Waals surface area contributed by atoms with Gasteiger partial charge in [-0.2, -0.15) is 74.6 Å². The molecule has 0 radical (unpaired) electrons. The van der Waals surface area contributed by atoms with E-state index in [1.54, 1.807) is 0 Å². The number of rotatable bonds is 14. The normalized spacial score (nSPS) is 13.8. The van der Waals surface area contributed by atoms with E-state index in [2.05, 4.69) is 14.8 Å². The average Bonchev–Trinajstić information content (AvgIpc) is 2.91. The molecule has 0 aliphatic rings. The largest absolute Gasteiger partial charge is 0.464 e. The molecular weight excluding hydrogens is 691 g/mol. The first-order valence-corrected chi connectivity index (χ1v) is 11.3. The Morgan fingerprint density at radius 3 is 1.74 bits per heavy atom. The number of alkyl halides is 17. The van der Waals surface area contributed by atoms with E-state index in [1.165, 1.54) is 12.1 Å². The molecule has 0 fully saturated rings. The number of hydrogen-bond acceptors (Lipinski definition) is 4. The molecule has 258 valence electrons. The zero-order chi connectivity index (χ0) is 36.4. The molecule has 0 bridgehead atoms. The zero-order valence-corrected chi connectivity index (χ0v) is 21.7. The molecule has 0 saturated carbocycles. The summed E-state index contributed by atoms with van der Waals surface area (Å²) in [5.41, 5.74) is 7.96. The lowest BCUT2D eigenvalue weighted by Crippen LogP contribution is -2.74. The summed E-state index contributed by atoms with van der Waals surface area (Å²) in [6, 6.07) is 4.41. The van der Waals surface area contributed by atoms with E-state index in [0.717, 1.165) is 12.1 Å². The number of ether oxygens (including phenoxy) is 1. The van der Waals surface area contributed by atoms with Crippen LogP contribution in [0.5, 0.6) is 0 Å². The highest BCUT2D eigenvalue weighted by molar-refractivity contribution is 5.96. The van der Waals surface area contributed by atoms with Gasteiger partial charge in [0.25, 0.3) is 5.91 Å². The number of hydrogen-bond donors (Lipinski definition) is 0. The molecule has 24 heteroatoms. The number of halogens is 17. The van der Waals surface area contributed by atoms with Crippen LogP contribution in [-0.2, 0) is 9.53 Å². The van der Waals surface area contributed by atoms with Crippen LogP contribution in [0.3, 0.4) is 0 Å². The van der Waals surface area contributed by atoms with E-state index in [1.807, 2.05) is 5.92 Å². The van der Waals surface area contributed by atoms with Crippen molar-refractivity contribution in [2.75, 3.05) is 19.7 Å². The van der Waals surface area contributed by atoms with E-state index in [4.69, 9.17) is 12.0 Å². The van der Waals surface area contributed by atoms with Crippen LogP contribution in [0.4, 0.5) is 80.3 Å². The first kappa shape index (κ1) is 39.9. The lowest BCUT2D eigenvalue weighted by molar-refractivity contribution is -0.461. The molecule has 0 aromatic heterocycles. The topological polar surface area (TPSA) is 95.4 Å². The molecule has 0 heterocycles. The summed E-state index contributed by atoms with van der Waals surface area (Å²) in [5.74, 6) is -58.7. The molecule has 7 nitrogen and oxygen atoms in total. The predicted molar refractivity (Wildman–Crippen MR) is 116 cm³/mol. The number of esters is 1. The summed E-state index contributed by atoms with van der Waals surface area (Å²) < 4.78 is 231. The molecule has 0 saturated heterocycles. The zero-order valence-electron chi connectivity index (χ0n) is 21.7. The van der Waals surface area contributed by atoms with Crippen molar-refractivity contribution in [3.8, 4) is 12.3 Å². The molecule has 0 spiro atoms. The second-order valence-electron chi connectivity index (χ2n) is 8.72. The van der Waals surface area contributed by atoms with Crippen LogP contribution in [-0.4, -0.2) is 84.1 Å². The highest BCUT2D eigenvalue weighted by Gasteiger charge is 2.95. The minimum Gasteiger partial charge on any atom is -0.464 e. The third-order valence-electron chi connectivity index (χ3n) is 5.61. The van der Waals surface area contributed by atoms with Crippen molar-refractivity contribution >= 4 is 17.6 Å². The Hall–Kier alpha value is -4.16. The molecule has 0 atom stereocenters. The van der Waals surface area contributed by atoms with Gasteiger partial charge in [0.2, 0.25) is 0 Å². The summed E-state index contributed by atoms with van der Waals surface area (Å²) in [4.78, 5) is 27.3. The van der Waals surface area contributed by atoms with Crippen LogP contribution < -0.4 is 0 Å². The Morgan fingerprint density at radius 2 is 1.28 bits per heavy atom. The Labute approximate surface area is 243 Å². The molecule has 46 heavy (non-hydrogen) atoms. The fraction of sp³-hybridized carbons (Fsp3) is 0.545. The average molecular weight is 704 g/mol. The van der Waals surface area contributed by atoms with Crippen molar-refractivity contribution in [1.82, 2.24) is 4.90 Å². The van der Waals surface area contributed by atoms with E-state index in [0.29, 0.717) is 4.90 Å². The van der Waals surface area contributed by atoms with Gasteiger partial charge in [-0.3, -0.25) is 9.59 Å². The number of benzene rings is 1. The van der Waals surface area contributed by atoms with Crippen molar-refractivity contribution in [3.63, 3.8) is 0 Å². The van der Waals surface area contributed by atoms with Crippen molar-refractivity contribution in [2.24, 2.45) is 5.11 Å². The third kappa shape index (κ3) is 6.82. The second kappa shape index (κ2) is 12.9. The molecule has 1 aromatic carbocycles. The van der Waals surface area contributed by atoms with Gasteiger partial charge in [-0.1, -0.05) is 23.2 Å². The van der Waals surface area contributed by atoms with E-state index in [9.17, 15) is 84.2 Å². The predicted octanol–water partition coefficient (Wildman–Crippen LogP) is 7.65. The third-order valence-corrected chi connectivity index (χ3v) is 5.61. The Morgan fingerprint density at radius 1 is 0.804 bits per heavy atom. The lowest BCUT2D eigenvalue weighted by Gasteiger charge is -2.42. The molecule has 1 amide bonds. The Bertz CT molecular complexity index is 1380. The SMILES string of the molecule is C#CCN(CC(=O)OCCC(F)(F)C(F)(F)C(F)(F)C(F)(F)C(F)(F)C(F)(F)C(F)(F)C(F)(F)F)C(=O)c1cccc(N=[N+]=[N-])c1. The molecule has 0 N–H and O–H groups in total. The standard InChI is InChI=1S/C22H13F17N4O3/c1-2-7-43(14(45)11-4-3-5-12(9-11)41-42-40)10-13(44)46-8-6-15(23,24)16(25,26)17(27,28)18(29,30)19(31,32)20(33,34)21(35,36)22(37,38)39/h1,3-5,9H,6-8,10H2. The summed E-state index contributed by atoms with van der Waals surface area (Å²) in [5, 5.41) is 3.17. The summed E-state index contributed by atoms with van der Waals surface area (Å²) in [6.45, 7) is -4.27. The van der Waals surface area contributed by atoms with Gasteiger partial charge < -0.3 is 9.64 Å². The maximum absolute atomic E-state index is 14.0. The number of amides is 1. The fourth-order valence-corrected chi connectivity index (χ4v) is 3.09. The Balaban J connectivity index is 3.19. The number of carbonyl (C=O) groups excluding carboxylic acids is 2. The quantitative estimate of drug-likeness (QED) is 0.0498. The van der Waals surface area contributed by atoms with Gasteiger partial charge in [-0.25, -0.2) is 0 Å². The number of nitrogens with zero attached hydrogens (tertiary/aromatic N) is 4. The molecule has 0 aliphatic carbocycles. The maximum atomic E-state index is 14.0. The molecule has 1 aromatic rings. The highest BCUT2D eigenvalue weighted by atomic mass is 19.4. The first-order valence-electron chi connectivity index (χ1n) is 11.3. The van der Waals surface area contributed by atoms with Crippen LogP contribution in [0.2, 0.25) is 0 Å². The molecule has 0 aliphatic heterocycles. The molecule has 0 unspecified atom stereocenters. The fourth-order valence-electron chi connectivity index (χ4n) is 3.09. The van der Waals surface area contributed by atoms with Gasteiger partial charge in [0, 0.05) is 16.2 Å². The van der Waals surface area contributed by atoms with Gasteiger partial charge in [0.15, 0.2) is 0 Å². The van der Waals surface area contributed by atoms with Crippen molar-refractivity contribution in [2.45, 2.75) is 54.1 Å². The maximum Gasteiger partial charge on any atom is 0.460 e. The van der Waals surface area contributed by atoms with Gasteiger partial charge >= 0.3 is 53.6 Å². The first-order chi connectivity index (χ1) is 20.5. The van der Waals surface area contributed by atoms with Crippen LogP contribution in [0.1, 0.15) is 16.8 Å². The van der Waals surface area contributed by atoms with Crippen LogP contribution in [0.25, 0.3) is 10.4 Å². The number of terminal acetylenes is 1. The van der Waals surface area contributed by atoms with Crippen LogP contribution in [0, 0.1) is 12.3 Å². The minimum atomic E-state index is -8.76. The summed E-state index contributed by atoms with van der Waals surface area (Å²) >= 11 is 0. The van der Waals surface area contributed by atoms with Gasteiger partial charge in [0.1, 0.15) is 6.54 Å². The van der Waals surface area contributed by atoms with Crippen LogP contribution in [0.15, 0.2) is 29.4 Å². The van der Waals surface area contributed by atoms with Crippen molar-refractivity contribution in [1.29, 1.82) is 0 Å². The highest BCUT2D eigenvalue weighted by Crippen LogP contribution is 2.64. The van der Waals surface area contributed by atoms with E-state index < -0.39 is 85.6 Å². The monoisotopic (exact) mass is 704 g/mol. The number of azide groups is 1. The Kier molecular flexibility index (Phi) is 11.2. The van der Waals surface area contributed by atoms with Crippen molar-refractivity contribution < 1.29 is 89.0 Å². The second-order valence-corrected chi connectivity index (χ2v) is 8.72. The number of carbonyl (C=O) groups is 2. The minimum absolute atomic E-state index is 0.141. The van der Waals surface area contributed by atoms with Gasteiger partial charge in [0.05, 0.1) is 19.6 Å². The lowest BCUT2D eigenvalue weighted by atomic mass is 9.88. The van der Waals surface area contributed by atoms with Crippen LogP contribution >= 0.6 is 0 Å². The summed E-state index contributed by atoms with van der Waals surface area (Å²) in [7, 11) is 0. The van der Waals surface area contributed by atoms with E-state index >= 15 is 0 Å². The molecule has 1 rings (SSSR count). The summed E-state index contributed by atoms with van der Waals surface area (Å²) in [6.07, 6.45) is -5.86.